The van der Waals surface area contributed by atoms with Crippen LogP contribution < -0.4 is 5.32 Å². The van der Waals surface area contributed by atoms with Crippen LogP contribution in [0, 0.1) is 0 Å². The van der Waals surface area contributed by atoms with Gasteiger partial charge in [0.25, 0.3) is 0 Å². The average molecular weight is 348 g/mol. The lowest BCUT2D eigenvalue weighted by Gasteiger charge is -2.23. The van der Waals surface area contributed by atoms with Crippen molar-refractivity contribution in [2.75, 3.05) is 12.3 Å². The Balaban J connectivity index is 4.29. The fraction of sp³-hybridized carbons (Fsp3) is 0.882. The number of carbonyl (C=O) groups excluding carboxylic acids is 2. The molecule has 0 fully saturated rings. The third-order valence-electron chi connectivity index (χ3n) is 2.51. The van der Waals surface area contributed by atoms with E-state index in [0.717, 1.165) is 12.2 Å². The number of nitrogens with one attached hydrogen (secondary N) is 1. The second-order valence-electron chi connectivity index (χ2n) is 7.50. The van der Waals surface area contributed by atoms with Crippen LogP contribution in [0.25, 0.3) is 0 Å². The summed E-state index contributed by atoms with van der Waals surface area (Å²) in [6.07, 6.45) is 1.70. The molecule has 0 aliphatic rings. The summed E-state index contributed by atoms with van der Waals surface area (Å²) in [6, 6.07) is 0. The lowest BCUT2D eigenvalue weighted by atomic mass is 10.2. The molecule has 0 heterocycles. The van der Waals surface area contributed by atoms with E-state index >= 15 is 0 Å². The molecule has 0 aromatic carbocycles. The highest BCUT2D eigenvalue weighted by molar-refractivity contribution is 7.99. The Labute approximate surface area is 145 Å². The molecule has 0 aliphatic heterocycles. The van der Waals surface area contributed by atoms with Gasteiger partial charge in [-0.3, -0.25) is 4.79 Å². The average Bonchev–Trinajstić information content (AvgIpc) is 2.30. The van der Waals surface area contributed by atoms with Crippen molar-refractivity contribution in [3.63, 3.8) is 0 Å². The number of ether oxygens (including phenoxy) is 2. The first-order valence-corrected chi connectivity index (χ1v) is 9.28. The van der Waals surface area contributed by atoms with Crippen molar-refractivity contribution >= 4 is 23.8 Å². The van der Waals surface area contributed by atoms with E-state index in [0.29, 0.717) is 19.4 Å². The monoisotopic (exact) mass is 347 g/mol. The Morgan fingerprint density at radius 1 is 1.04 bits per heavy atom. The predicted octanol–water partition coefficient (Wildman–Crippen LogP) is 4.14. The zero-order chi connectivity index (χ0) is 18.1. The van der Waals surface area contributed by atoms with Crippen LogP contribution in [-0.2, 0) is 14.3 Å². The molecule has 0 saturated heterocycles. The Morgan fingerprint density at radius 2 is 1.61 bits per heavy atom. The Kier molecular flexibility index (Phi) is 9.66. The predicted molar refractivity (Wildman–Crippen MR) is 95.9 cm³/mol. The van der Waals surface area contributed by atoms with Crippen LogP contribution in [0.4, 0.5) is 4.79 Å². The molecular formula is C17H33NO4S. The SMILES string of the molecule is CCCS[C@@H](CCNC(=O)OC(C)(C)C)CC(=O)OC(C)(C)C. The third kappa shape index (κ3) is 14.4. The van der Waals surface area contributed by atoms with E-state index in [9.17, 15) is 9.59 Å². The largest absolute Gasteiger partial charge is 0.460 e. The minimum absolute atomic E-state index is 0.139. The Morgan fingerprint density at radius 3 is 2.09 bits per heavy atom. The molecule has 6 heteroatoms. The summed E-state index contributed by atoms with van der Waals surface area (Å²) in [5, 5.41) is 2.88. The number of hydrogen-bond acceptors (Lipinski definition) is 5. The summed E-state index contributed by atoms with van der Waals surface area (Å²) >= 11 is 1.75. The van der Waals surface area contributed by atoms with Crippen molar-refractivity contribution in [3.8, 4) is 0 Å². The first-order chi connectivity index (χ1) is 10.4. The van der Waals surface area contributed by atoms with Crippen LogP contribution in [0.15, 0.2) is 0 Å². The van der Waals surface area contributed by atoms with Gasteiger partial charge in [0.2, 0.25) is 0 Å². The molecule has 5 nitrogen and oxygen atoms in total. The molecule has 0 rings (SSSR count). The highest BCUT2D eigenvalue weighted by Gasteiger charge is 2.21. The maximum absolute atomic E-state index is 12.0. The third-order valence-corrected chi connectivity index (χ3v) is 4.02. The molecule has 1 atom stereocenters. The van der Waals surface area contributed by atoms with Crippen LogP contribution in [0.1, 0.15) is 67.7 Å². The standard InChI is InChI=1S/C17H33NO4S/c1-8-11-23-13(12-14(19)21-16(2,3)4)9-10-18-15(20)22-17(5,6)7/h13H,8-12H2,1-7H3,(H,18,20)/t13-/m0/s1. The van der Waals surface area contributed by atoms with E-state index in [2.05, 4.69) is 12.2 Å². The molecule has 0 aromatic rings. The van der Waals surface area contributed by atoms with Crippen molar-refractivity contribution in [2.45, 2.75) is 84.2 Å². The molecule has 136 valence electrons. The number of hydrogen-bond donors (Lipinski definition) is 1. The minimum Gasteiger partial charge on any atom is -0.460 e. The van der Waals surface area contributed by atoms with Crippen LogP contribution in [0.5, 0.6) is 0 Å². The van der Waals surface area contributed by atoms with Crippen molar-refractivity contribution in [1.82, 2.24) is 5.32 Å². The lowest BCUT2D eigenvalue weighted by Crippen LogP contribution is -2.34. The second-order valence-corrected chi connectivity index (χ2v) is 8.91. The van der Waals surface area contributed by atoms with Gasteiger partial charge in [0, 0.05) is 11.8 Å². The van der Waals surface area contributed by atoms with Gasteiger partial charge >= 0.3 is 12.1 Å². The summed E-state index contributed by atoms with van der Waals surface area (Å²) in [5.41, 5.74) is -0.969. The normalized spacial score (nSPS) is 13.3. The zero-order valence-corrected chi connectivity index (χ0v) is 16.5. The van der Waals surface area contributed by atoms with Gasteiger partial charge in [0.1, 0.15) is 11.2 Å². The first kappa shape index (κ1) is 22.1. The number of thioether (sulfide) groups is 1. The molecule has 1 amide bonds. The van der Waals surface area contributed by atoms with Crippen LogP contribution in [0.2, 0.25) is 0 Å². The topological polar surface area (TPSA) is 64.6 Å². The molecule has 0 aromatic heterocycles. The lowest BCUT2D eigenvalue weighted by molar-refractivity contribution is -0.154. The molecule has 0 aliphatic carbocycles. The Hall–Kier alpha value is -0.910. The minimum atomic E-state index is -0.503. The van der Waals surface area contributed by atoms with Gasteiger partial charge in [-0.1, -0.05) is 6.92 Å². The molecule has 1 N–H and O–H groups in total. The van der Waals surface area contributed by atoms with Crippen LogP contribution >= 0.6 is 11.8 Å². The maximum atomic E-state index is 12.0. The molecule has 0 bridgehead atoms. The van der Waals surface area contributed by atoms with Crippen molar-refractivity contribution in [2.24, 2.45) is 0 Å². The highest BCUT2D eigenvalue weighted by Crippen LogP contribution is 2.21. The zero-order valence-electron chi connectivity index (χ0n) is 15.7. The van der Waals surface area contributed by atoms with Crippen molar-refractivity contribution < 1.29 is 19.1 Å². The quantitative estimate of drug-likeness (QED) is 0.668. The van der Waals surface area contributed by atoms with Gasteiger partial charge in [-0.05, 0) is 60.1 Å². The molecule has 23 heavy (non-hydrogen) atoms. The number of carbonyl (C=O) groups is 2. The summed E-state index contributed by atoms with van der Waals surface area (Å²) < 4.78 is 10.6. The Bertz CT molecular complexity index is 372. The summed E-state index contributed by atoms with van der Waals surface area (Å²) in [4.78, 5) is 23.6. The highest BCUT2D eigenvalue weighted by atomic mass is 32.2. The molecular weight excluding hydrogens is 314 g/mol. The summed E-state index contributed by atoms with van der Waals surface area (Å²) in [7, 11) is 0. The van der Waals surface area contributed by atoms with Crippen LogP contribution in [-0.4, -0.2) is 40.8 Å². The van der Waals surface area contributed by atoms with Gasteiger partial charge in [0.05, 0.1) is 6.42 Å². The summed E-state index contributed by atoms with van der Waals surface area (Å²) in [5.74, 6) is 0.795. The van der Waals surface area contributed by atoms with E-state index in [1.807, 2.05) is 41.5 Å². The van der Waals surface area contributed by atoms with Gasteiger partial charge in [-0.15, -0.1) is 0 Å². The second kappa shape index (κ2) is 10.1. The summed E-state index contributed by atoms with van der Waals surface area (Å²) in [6.45, 7) is 13.7. The van der Waals surface area contributed by atoms with E-state index in [-0.39, 0.29) is 11.2 Å². The van der Waals surface area contributed by atoms with Gasteiger partial charge < -0.3 is 14.8 Å². The number of amides is 1. The van der Waals surface area contributed by atoms with Crippen molar-refractivity contribution in [1.29, 1.82) is 0 Å². The van der Waals surface area contributed by atoms with E-state index < -0.39 is 17.3 Å². The molecule has 0 spiro atoms. The fourth-order valence-corrected chi connectivity index (χ4v) is 2.85. The van der Waals surface area contributed by atoms with Gasteiger partial charge in [-0.2, -0.15) is 11.8 Å². The molecule has 0 saturated carbocycles. The fourth-order valence-electron chi connectivity index (χ4n) is 1.75. The van der Waals surface area contributed by atoms with E-state index in [1.165, 1.54) is 0 Å². The van der Waals surface area contributed by atoms with Crippen LogP contribution in [0.3, 0.4) is 0 Å². The maximum Gasteiger partial charge on any atom is 0.407 e. The van der Waals surface area contributed by atoms with Gasteiger partial charge in [0.15, 0.2) is 0 Å². The number of esters is 1. The first-order valence-electron chi connectivity index (χ1n) is 8.23. The number of alkyl carbamates (subject to hydrolysis) is 1. The van der Waals surface area contributed by atoms with Crippen molar-refractivity contribution in [3.05, 3.63) is 0 Å². The number of rotatable bonds is 8. The smallest absolute Gasteiger partial charge is 0.407 e. The molecule has 0 unspecified atom stereocenters. The van der Waals surface area contributed by atoms with E-state index in [4.69, 9.17) is 9.47 Å². The van der Waals surface area contributed by atoms with Gasteiger partial charge in [-0.25, -0.2) is 4.79 Å². The molecule has 0 radical (unpaired) electrons. The van der Waals surface area contributed by atoms with E-state index in [1.54, 1.807) is 11.8 Å².